The van der Waals surface area contributed by atoms with Crippen LogP contribution in [0.15, 0.2) is 36.4 Å². The molecule has 0 saturated heterocycles. The predicted molar refractivity (Wildman–Crippen MR) is 160 cm³/mol. The van der Waals surface area contributed by atoms with Gasteiger partial charge in [0.25, 0.3) is 0 Å². The summed E-state index contributed by atoms with van der Waals surface area (Å²) in [6.07, 6.45) is 14.6. The third kappa shape index (κ3) is 7.30. The molecule has 0 heterocycles. The van der Waals surface area contributed by atoms with Crippen molar-refractivity contribution < 1.29 is 20.0 Å². The summed E-state index contributed by atoms with van der Waals surface area (Å²) in [5.74, 6) is 1.64. The van der Waals surface area contributed by atoms with Gasteiger partial charge in [0.15, 0.2) is 0 Å². The summed E-state index contributed by atoms with van der Waals surface area (Å²) in [6, 6.07) is 14.8. The van der Waals surface area contributed by atoms with Crippen molar-refractivity contribution in [2.24, 2.45) is 0 Å². The first-order valence-electron chi connectivity index (χ1n) is 14.5. The van der Waals surface area contributed by atoms with Crippen molar-refractivity contribution >= 4 is 22.4 Å². The second-order valence-corrected chi connectivity index (χ2v) is 14.8. The summed E-state index contributed by atoms with van der Waals surface area (Å²) in [6.45, 7) is 14.3. The first-order chi connectivity index (χ1) is 17.4. The molecule has 0 nitrogen and oxygen atoms in total. The van der Waals surface area contributed by atoms with Crippen molar-refractivity contribution in [2.45, 2.75) is 135 Å². The topological polar surface area (TPSA) is 0 Å². The van der Waals surface area contributed by atoms with Crippen molar-refractivity contribution in [3.8, 4) is 11.1 Å². The predicted octanol–water partition coefficient (Wildman–Crippen LogP) is 11.2. The number of rotatable bonds is 7. The number of hydrogen-bond acceptors (Lipinski definition) is 0. The average molecular weight is 709 g/mol. The zero-order valence-corrected chi connectivity index (χ0v) is 27.4. The van der Waals surface area contributed by atoms with E-state index in [1.807, 2.05) is 0 Å². The molecule has 204 valence electrons. The summed E-state index contributed by atoms with van der Waals surface area (Å²) in [5.41, 5.74) is 9.71. The van der Waals surface area contributed by atoms with Crippen molar-refractivity contribution in [1.82, 2.24) is 0 Å². The second kappa shape index (κ2) is 14.9. The Morgan fingerprint density at radius 1 is 0.667 bits per heavy atom. The van der Waals surface area contributed by atoms with Gasteiger partial charge in [-0.25, -0.2) is 0 Å². The van der Waals surface area contributed by atoms with E-state index in [9.17, 15) is 0 Å². The van der Waals surface area contributed by atoms with E-state index >= 15 is 0 Å². The molecule has 2 fully saturated rings. The summed E-state index contributed by atoms with van der Waals surface area (Å²) < 4.78 is 0. The minimum atomic E-state index is -0.120. The van der Waals surface area contributed by atoms with Gasteiger partial charge in [0, 0.05) is 0 Å². The Morgan fingerprint density at radius 3 is 1.53 bits per heavy atom. The molecule has 0 bridgehead atoms. The Bertz CT molecular complexity index is 891. The summed E-state index contributed by atoms with van der Waals surface area (Å²) in [5, 5.41) is 1.75. The van der Waals surface area contributed by atoms with Crippen LogP contribution in [0.3, 0.4) is 0 Å². The Balaban J connectivity index is 0.00000176. The van der Waals surface area contributed by atoms with E-state index in [2.05, 4.69) is 87.1 Å². The molecule has 0 aliphatic heterocycles. The van der Waals surface area contributed by atoms with Crippen molar-refractivity contribution in [2.75, 3.05) is 0 Å². The zero-order chi connectivity index (χ0) is 26.2. The second-order valence-electron chi connectivity index (χ2n) is 12.0. The Morgan fingerprint density at radius 2 is 1.11 bits per heavy atom. The van der Waals surface area contributed by atoms with Gasteiger partial charge in [-0.15, -0.1) is 0 Å². The molecule has 0 spiro atoms. The Labute approximate surface area is 240 Å². The van der Waals surface area contributed by atoms with Gasteiger partial charge in [0.05, 0.1) is 0 Å². The third-order valence-electron chi connectivity index (χ3n) is 8.52. The Kier molecular flexibility index (Phi) is 12.6. The van der Waals surface area contributed by atoms with E-state index in [4.69, 9.17) is 0 Å². The van der Waals surface area contributed by atoms with Crippen LogP contribution < -0.4 is 5.30 Å². The molecule has 4 rings (SSSR count). The molecule has 3 heteroatoms. The molecule has 2 aromatic rings. The van der Waals surface area contributed by atoms with Gasteiger partial charge in [-0.2, -0.15) is 0 Å². The van der Waals surface area contributed by atoms with Crippen LogP contribution in [0, 0.1) is 0 Å². The third-order valence-corrected chi connectivity index (χ3v) is 12.1. The van der Waals surface area contributed by atoms with Gasteiger partial charge in [0.2, 0.25) is 0 Å². The summed E-state index contributed by atoms with van der Waals surface area (Å²) >= 11 is 1.75. The van der Waals surface area contributed by atoms with Crippen LogP contribution in [-0.4, -0.2) is 11.3 Å². The molecule has 0 radical (unpaired) electrons. The number of benzene rings is 2. The van der Waals surface area contributed by atoms with Crippen LogP contribution in [0.25, 0.3) is 11.1 Å². The fourth-order valence-corrected chi connectivity index (χ4v) is 10.5. The van der Waals surface area contributed by atoms with Crippen LogP contribution in [0.1, 0.15) is 140 Å². The van der Waals surface area contributed by atoms with Gasteiger partial charge >= 0.3 is 29.2 Å². The van der Waals surface area contributed by atoms with E-state index in [-0.39, 0.29) is 7.92 Å². The fourth-order valence-electron chi connectivity index (χ4n) is 6.59. The number of hydrogen-bond donors (Lipinski definition) is 0. The van der Waals surface area contributed by atoms with Gasteiger partial charge < -0.3 is 0 Å². The monoisotopic (exact) mass is 708 g/mol. The van der Waals surface area contributed by atoms with E-state index < -0.39 is 0 Å². The first-order valence-corrected chi connectivity index (χ1v) is 18.7. The van der Waals surface area contributed by atoms with E-state index in [0.29, 0.717) is 17.8 Å². The van der Waals surface area contributed by atoms with Crippen LogP contribution in [-0.2, 0) is 20.0 Å². The van der Waals surface area contributed by atoms with Crippen LogP contribution in [0.2, 0.25) is 0 Å². The molecular weight excluding hydrogens is 660 g/mol. The van der Waals surface area contributed by atoms with Gasteiger partial charge in [-0.3, -0.25) is 0 Å². The van der Waals surface area contributed by atoms with Crippen molar-refractivity contribution in [3.05, 3.63) is 53.1 Å². The molecule has 36 heavy (non-hydrogen) atoms. The Hall–Kier alpha value is -0.0997. The molecule has 0 aromatic heterocycles. The van der Waals surface area contributed by atoms with Gasteiger partial charge in [-0.05, 0) is 87.9 Å². The normalized spacial score (nSPS) is 17.7. The summed E-state index contributed by atoms with van der Waals surface area (Å²) in [7, 11) is 4.46. The van der Waals surface area contributed by atoms with E-state index in [0.717, 1.165) is 11.3 Å². The molecule has 0 N–H and O–H groups in total. The van der Waals surface area contributed by atoms with Crippen LogP contribution in [0.4, 0.5) is 0 Å². The molecule has 0 amide bonds. The minimum absolute atomic E-state index is 0.120. The van der Waals surface area contributed by atoms with Crippen molar-refractivity contribution in [1.29, 1.82) is 0 Å². The van der Waals surface area contributed by atoms with Crippen LogP contribution in [0.5, 0.6) is 0 Å². The SMILES string of the molecule is CC(C)c1cc(C(C)C)c(-c2ccccc2P(C2CCCCC2)C2CCCCC2)c(C(C)C)c1.[Cl][Au]. The maximum absolute atomic E-state index is 4.58. The standard InChI is InChI=1S/C33H49P.Au.ClH/c1-23(2)26-21-30(24(3)4)33(31(22-26)25(5)6)29-19-13-14-20-32(29)34(27-15-9-7-10-16-27)28-17-11-8-12-18-28;;/h13-14,19-25,27-28H,7-12,15-18H2,1-6H3;;1H/q;+1;/p-1. The molecule has 2 aliphatic rings. The molecule has 0 atom stereocenters. The quantitative estimate of drug-likeness (QED) is 0.198. The molecule has 2 aliphatic carbocycles. The molecule has 2 saturated carbocycles. The molecule has 0 unspecified atom stereocenters. The first kappa shape index (κ1) is 30.4. The summed E-state index contributed by atoms with van der Waals surface area (Å²) in [4.78, 5) is 0. The fraction of sp³-hybridized carbons (Fsp3) is 0.636. The molecular formula is C33H49AuClP. The van der Waals surface area contributed by atoms with Gasteiger partial charge in [0.1, 0.15) is 0 Å². The average Bonchev–Trinajstić information content (AvgIpc) is 2.90. The van der Waals surface area contributed by atoms with E-state index in [1.54, 1.807) is 47.5 Å². The number of halogens is 1. The van der Waals surface area contributed by atoms with Gasteiger partial charge in [-0.1, -0.05) is 124 Å². The maximum atomic E-state index is 4.58. The molecule has 2 aromatic carbocycles. The van der Waals surface area contributed by atoms with Crippen LogP contribution >= 0.6 is 17.1 Å². The van der Waals surface area contributed by atoms with Crippen molar-refractivity contribution in [3.63, 3.8) is 0 Å². The zero-order valence-electron chi connectivity index (χ0n) is 23.5. The van der Waals surface area contributed by atoms with E-state index in [1.165, 1.54) is 69.8 Å².